The van der Waals surface area contributed by atoms with Crippen LogP contribution in [-0.2, 0) is 0 Å². The van der Waals surface area contributed by atoms with Gasteiger partial charge in [-0.3, -0.25) is 0 Å². The van der Waals surface area contributed by atoms with Gasteiger partial charge in [-0.1, -0.05) is 0 Å². The molecule has 0 spiro atoms. The molecule has 1 aromatic heterocycles. The van der Waals surface area contributed by atoms with Crippen LogP contribution in [0.15, 0.2) is 4.63 Å². The molecule has 0 fully saturated rings. The molecular weight excluding hydrogens is 156 g/mol. The van der Waals surface area contributed by atoms with Crippen LogP contribution in [0.5, 0.6) is 5.88 Å². The van der Waals surface area contributed by atoms with E-state index in [0.717, 1.165) is 0 Å². The number of carbonyl (C=O) groups is 1. The normalized spacial score (nSPS) is 9.55. The first-order valence-corrected chi connectivity index (χ1v) is 2.55. The maximum atomic E-state index is 10.2. The average Bonchev–Trinajstić information content (AvgIpc) is 2.36. The summed E-state index contributed by atoms with van der Waals surface area (Å²) in [5.41, 5.74) is -0.459. The smallest absolute Gasteiger partial charge is 0.363 e. The Hall–Kier alpha value is -1.63. The van der Waals surface area contributed by atoms with E-state index >= 15 is 0 Å². The van der Waals surface area contributed by atoms with Crippen molar-refractivity contribution in [2.24, 2.45) is 0 Å². The maximum absolute atomic E-state index is 10.2. The van der Waals surface area contributed by atoms with Crippen LogP contribution in [0, 0.1) is 0 Å². The molecule has 0 bridgehead atoms. The molecule has 11 heavy (non-hydrogen) atoms. The van der Waals surface area contributed by atoms with E-state index in [9.17, 15) is 4.79 Å². The lowest BCUT2D eigenvalue weighted by molar-refractivity contribution is 0.0664. The van der Waals surface area contributed by atoms with Crippen molar-refractivity contribution >= 4 is 5.97 Å². The summed E-state index contributed by atoms with van der Waals surface area (Å²) in [4.78, 5) is 10.2. The van der Waals surface area contributed by atoms with Crippen LogP contribution in [-0.4, -0.2) is 33.3 Å². The number of hydrogen-bond donors (Lipinski definition) is 2. The molecule has 0 aliphatic rings. The van der Waals surface area contributed by atoms with Gasteiger partial charge in [0.2, 0.25) is 0 Å². The quantitative estimate of drug-likeness (QED) is 0.551. The summed E-state index contributed by atoms with van der Waals surface area (Å²) in [7, 11) is 0. The molecule has 60 valence electrons. The van der Waals surface area contributed by atoms with Crippen molar-refractivity contribution in [3.8, 4) is 5.88 Å². The maximum Gasteiger partial charge on any atom is 0.363 e. The van der Waals surface area contributed by atoms with E-state index in [1.165, 1.54) is 0 Å². The van der Waals surface area contributed by atoms with Gasteiger partial charge in [-0.25, -0.2) is 9.42 Å². The van der Waals surface area contributed by atoms with E-state index in [0.29, 0.717) is 0 Å². The summed E-state index contributed by atoms with van der Waals surface area (Å²) < 4.78 is 8.39. The standard InChI is InChI=1S/C4H4N2O5/c7-1-10-3-2(4(8)9)5-11-6-3/h7H,1H2,(H,8,9). The van der Waals surface area contributed by atoms with Gasteiger partial charge in [-0.2, -0.15) is 0 Å². The van der Waals surface area contributed by atoms with Crippen LogP contribution in [0.4, 0.5) is 0 Å². The fourth-order valence-corrected chi connectivity index (χ4v) is 0.467. The predicted octanol–water partition coefficient (Wildman–Crippen LogP) is -0.904. The first-order valence-electron chi connectivity index (χ1n) is 2.55. The molecule has 1 heterocycles. The predicted molar refractivity (Wildman–Crippen MR) is 29.0 cm³/mol. The first-order chi connectivity index (χ1) is 5.25. The van der Waals surface area contributed by atoms with Crippen LogP contribution in [0.25, 0.3) is 0 Å². The Morgan fingerprint density at radius 3 is 2.91 bits per heavy atom. The summed E-state index contributed by atoms with van der Waals surface area (Å²) >= 11 is 0. The lowest BCUT2D eigenvalue weighted by Crippen LogP contribution is -2.03. The fraction of sp³-hybridized carbons (Fsp3) is 0.250. The molecular formula is C4H4N2O5. The molecule has 0 atom stereocenters. The highest BCUT2D eigenvalue weighted by atomic mass is 16.6. The van der Waals surface area contributed by atoms with Gasteiger partial charge >= 0.3 is 5.97 Å². The van der Waals surface area contributed by atoms with Crippen LogP contribution >= 0.6 is 0 Å². The van der Waals surface area contributed by atoms with Gasteiger partial charge in [-0.05, 0) is 10.3 Å². The van der Waals surface area contributed by atoms with Gasteiger partial charge in [0.15, 0.2) is 6.79 Å². The second kappa shape index (κ2) is 2.97. The Kier molecular flexibility index (Phi) is 2.02. The van der Waals surface area contributed by atoms with Gasteiger partial charge in [-0.15, -0.1) is 0 Å². The molecule has 0 aromatic carbocycles. The van der Waals surface area contributed by atoms with E-state index in [1.54, 1.807) is 0 Å². The monoisotopic (exact) mass is 160 g/mol. The number of nitrogens with zero attached hydrogens (tertiary/aromatic N) is 2. The zero-order valence-corrected chi connectivity index (χ0v) is 5.22. The molecule has 0 saturated heterocycles. The number of aliphatic hydroxyl groups is 1. The minimum absolute atomic E-state index is 0.333. The summed E-state index contributed by atoms with van der Waals surface area (Å²) in [6.45, 7) is -0.672. The Morgan fingerprint density at radius 2 is 2.36 bits per heavy atom. The van der Waals surface area contributed by atoms with Crippen molar-refractivity contribution in [1.29, 1.82) is 0 Å². The fourth-order valence-electron chi connectivity index (χ4n) is 0.467. The Bertz CT molecular complexity index is 257. The average molecular weight is 160 g/mol. The highest BCUT2D eigenvalue weighted by Crippen LogP contribution is 2.10. The number of carboxylic acid groups (broad SMARTS) is 1. The van der Waals surface area contributed by atoms with Gasteiger partial charge in [0.05, 0.1) is 0 Å². The Morgan fingerprint density at radius 1 is 1.64 bits per heavy atom. The molecule has 0 saturated carbocycles. The van der Waals surface area contributed by atoms with Gasteiger partial charge in [0.25, 0.3) is 11.6 Å². The highest BCUT2D eigenvalue weighted by Gasteiger charge is 2.17. The summed E-state index contributed by atoms with van der Waals surface area (Å²) in [6.07, 6.45) is 0. The molecule has 7 nitrogen and oxygen atoms in total. The van der Waals surface area contributed by atoms with Crippen molar-refractivity contribution in [3.63, 3.8) is 0 Å². The third-order valence-corrected chi connectivity index (χ3v) is 0.862. The SMILES string of the molecule is O=C(O)c1nonc1OCO. The molecule has 1 rings (SSSR count). The third-order valence-electron chi connectivity index (χ3n) is 0.862. The van der Waals surface area contributed by atoms with E-state index in [1.807, 2.05) is 0 Å². The largest absolute Gasteiger partial charge is 0.476 e. The number of rotatable bonds is 3. The summed E-state index contributed by atoms with van der Waals surface area (Å²) in [5, 5.41) is 22.7. The summed E-state index contributed by atoms with van der Waals surface area (Å²) in [5.74, 6) is -1.66. The van der Waals surface area contributed by atoms with Crippen molar-refractivity contribution in [3.05, 3.63) is 5.69 Å². The van der Waals surface area contributed by atoms with Crippen molar-refractivity contribution in [1.82, 2.24) is 10.3 Å². The van der Waals surface area contributed by atoms with Crippen LogP contribution < -0.4 is 4.74 Å². The second-order valence-corrected chi connectivity index (χ2v) is 1.50. The van der Waals surface area contributed by atoms with Crippen molar-refractivity contribution in [2.45, 2.75) is 0 Å². The minimum atomic E-state index is -1.32. The van der Waals surface area contributed by atoms with Crippen molar-refractivity contribution < 1.29 is 24.4 Å². The number of aliphatic hydroxyl groups excluding tert-OH is 1. The molecule has 0 aliphatic carbocycles. The minimum Gasteiger partial charge on any atom is -0.476 e. The lowest BCUT2D eigenvalue weighted by atomic mass is 10.5. The molecule has 0 amide bonds. The van der Waals surface area contributed by atoms with Crippen LogP contribution in [0.3, 0.4) is 0 Å². The molecule has 1 aromatic rings. The molecule has 7 heteroatoms. The van der Waals surface area contributed by atoms with Crippen LogP contribution in [0.2, 0.25) is 0 Å². The third kappa shape index (κ3) is 1.44. The van der Waals surface area contributed by atoms with E-state index in [4.69, 9.17) is 10.2 Å². The molecule has 0 aliphatic heterocycles. The topological polar surface area (TPSA) is 106 Å². The van der Waals surface area contributed by atoms with Crippen LogP contribution in [0.1, 0.15) is 10.5 Å². The molecule has 2 N–H and O–H groups in total. The van der Waals surface area contributed by atoms with Gasteiger partial charge in [0, 0.05) is 0 Å². The Balaban J connectivity index is 2.87. The number of ether oxygens (including phenoxy) is 1. The molecule has 0 unspecified atom stereocenters. The van der Waals surface area contributed by atoms with Gasteiger partial charge in [0.1, 0.15) is 0 Å². The number of carboxylic acids is 1. The lowest BCUT2D eigenvalue weighted by Gasteiger charge is -1.93. The zero-order chi connectivity index (χ0) is 8.27. The summed E-state index contributed by atoms with van der Waals surface area (Å²) in [6, 6.07) is 0. The Labute approximate surface area is 60.2 Å². The van der Waals surface area contributed by atoms with Gasteiger partial charge < -0.3 is 14.9 Å². The zero-order valence-electron chi connectivity index (χ0n) is 5.22. The highest BCUT2D eigenvalue weighted by molar-refractivity contribution is 5.87. The molecule has 0 radical (unpaired) electrons. The number of hydrogen-bond acceptors (Lipinski definition) is 6. The van der Waals surface area contributed by atoms with Crippen molar-refractivity contribution in [2.75, 3.05) is 6.79 Å². The second-order valence-electron chi connectivity index (χ2n) is 1.50. The van der Waals surface area contributed by atoms with E-state index < -0.39 is 18.5 Å². The first kappa shape index (κ1) is 7.48. The van der Waals surface area contributed by atoms with E-state index in [2.05, 4.69) is 19.7 Å². The number of aromatic carboxylic acids is 1. The van der Waals surface area contributed by atoms with E-state index in [-0.39, 0.29) is 5.88 Å². The number of aromatic nitrogens is 2.